The van der Waals surface area contributed by atoms with Crippen molar-refractivity contribution in [2.45, 2.75) is 69.4 Å². The molecule has 11 heteroatoms. The van der Waals surface area contributed by atoms with Gasteiger partial charge in [0.1, 0.15) is 35.5 Å². The molecule has 4 aliphatic rings. The monoisotopic (exact) mass is 772 g/mol. The summed E-state index contributed by atoms with van der Waals surface area (Å²) in [6.45, 7) is 5.52. The first kappa shape index (κ1) is 38.7. The van der Waals surface area contributed by atoms with Gasteiger partial charge in [0.2, 0.25) is 5.56 Å². The number of nitrogens with zero attached hydrogens (tertiary/aromatic N) is 1. The molecule has 3 saturated heterocycles. The molecular formula is C46H52N4O7. The van der Waals surface area contributed by atoms with Crippen molar-refractivity contribution in [2.24, 2.45) is 5.92 Å². The molecule has 57 heavy (non-hydrogen) atoms. The second-order valence-electron chi connectivity index (χ2n) is 15.6. The van der Waals surface area contributed by atoms with Crippen LogP contribution in [0.2, 0.25) is 0 Å². The molecule has 5 N–H and O–H groups in total. The lowest BCUT2D eigenvalue weighted by Gasteiger charge is -2.45. The van der Waals surface area contributed by atoms with Crippen LogP contribution in [0.4, 0.5) is 0 Å². The van der Waals surface area contributed by atoms with Gasteiger partial charge in [-0.15, -0.1) is 0 Å². The number of piperidine rings is 3. The first-order valence-corrected chi connectivity index (χ1v) is 20.3. The number of pyridine rings is 1. The molecule has 5 aromatic rings. The summed E-state index contributed by atoms with van der Waals surface area (Å²) in [6, 6.07) is 30.4. The minimum Gasteiger partial charge on any atom is -0.506 e. The molecule has 9 rings (SSSR count). The molecular weight excluding hydrogens is 721 g/mol. The largest absolute Gasteiger partial charge is 0.506 e. The number of esters is 1. The summed E-state index contributed by atoms with van der Waals surface area (Å²) < 4.78 is 18.6. The van der Waals surface area contributed by atoms with Gasteiger partial charge in [-0.1, -0.05) is 54.6 Å². The van der Waals surface area contributed by atoms with Crippen molar-refractivity contribution in [3.05, 3.63) is 135 Å². The predicted octanol–water partition coefficient (Wildman–Crippen LogP) is 5.86. The van der Waals surface area contributed by atoms with E-state index in [-0.39, 0.29) is 23.4 Å². The highest BCUT2D eigenvalue weighted by molar-refractivity contribution is 5.87. The van der Waals surface area contributed by atoms with E-state index >= 15 is 0 Å². The Labute approximate surface area is 333 Å². The van der Waals surface area contributed by atoms with Crippen LogP contribution in [-0.2, 0) is 34.6 Å². The van der Waals surface area contributed by atoms with E-state index in [0.717, 1.165) is 79.9 Å². The van der Waals surface area contributed by atoms with Gasteiger partial charge in [0.05, 0.1) is 18.2 Å². The molecule has 1 aromatic heterocycles. The Balaban J connectivity index is 0.794. The van der Waals surface area contributed by atoms with Gasteiger partial charge < -0.3 is 34.7 Å². The third-order valence-electron chi connectivity index (χ3n) is 11.9. The molecule has 2 unspecified atom stereocenters. The fourth-order valence-electron chi connectivity index (χ4n) is 8.69. The van der Waals surface area contributed by atoms with Gasteiger partial charge >= 0.3 is 5.97 Å². The van der Waals surface area contributed by atoms with Crippen molar-refractivity contribution in [3.8, 4) is 17.2 Å². The third-order valence-corrected chi connectivity index (χ3v) is 11.9. The molecule has 0 amide bonds. The summed E-state index contributed by atoms with van der Waals surface area (Å²) in [5, 5.41) is 28.5. The lowest BCUT2D eigenvalue weighted by molar-refractivity contribution is -0.167. The van der Waals surface area contributed by atoms with Crippen molar-refractivity contribution >= 4 is 16.9 Å². The zero-order chi connectivity index (χ0) is 39.2. The van der Waals surface area contributed by atoms with Gasteiger partial charge in [0.15, 0.2) is 0 Å². The molecule has 4 aromatic carbocycles. The molecule has 2 bridgehead atoms. The number of phenolic OH excluding ortho intramolecular Hbond substituents is 1. The SMILES string of the molecule is O=C(O[C@H]1CN2CCC1CC2)C1(NCc2cccc(OCc3cccc(OCCCCNCC(O)c4ccc(O)c5[nH]c(=O)ccc45)c3)c2)CCc2ccccc21. The number of aliphatic hydroxyl groups is 1. The lowest BCUT2D eigenvalue weighted by Crippen LogP contribution is -2.55. The second-order valence-corrected chi connectivity index (χ2v) is 15.6. The summed E-state index contributed by atoms with van der Waals surface area (Å²) in [5.41, 5.74) is 4.02. The molecule has 3 atom stereocenters. The standard InChI is InChI=1S/C46H52N4O7/c51-40-15-13-37(38-14-16-43(53)49-44(38)40)41(52)28-47-21-3-4-24-55-35-10-6-8-32(26-35)30-56-36-11-5-7-31(25-36)27-48-46(20-17-33-9-1-2-12-39(33)46)45(54)57-42-29-50-22-18-34(42)19-23-50/h1-2,5-16,25-26,34,41-42,47-48,51-52H,3-4,17-24,27-30H2,(H,49,53)/t41?,42-,46?/m0/s1. The number of benzene rings is 4. The molecule has 298 valence electrons. The maximum absolute atomic E-state index is 14.1. The fraction of sp³-hybridized carbons (Fsp3) is 0.391. The summed E-state index contributed by atoms with van der Waals surface area (Å²) >= 11 is 0. The maximum Gasteiger partial charge on any atom is 0.331 e. The Morgan fingerprint density at radius 1 is 0.912 bits per heavy atom. The minimum atomic E-state index is -0.881. The van der Waals surface area contributed by atoms with E-state index in [1.54, 1.807) is 12.1 Å². The van der Waals surface area contributed by atoms with E-state index in [1.807, 2.05) is 54.6 Å². The number of carbonyl (C=O) groups is 1. The lowest BCUT2D eigenvalue weighted by atomic mass is 9.85. The molecule has 0 spiro atoms. The van der Waals surface area contributed by atoms with Gasteiger partial charge in [-0.05, 0) is 128 Å². The van der Waals surface area contributed by atoms with Crippen LogP contribution < -0.4 is 25.7 Å². The first-order chi connectivity index (χ1) is 27.8. The number of ether oxygens (including phenoxy) is 3. The maximum atomic E-state index is 14.1. The molecule has 1 aliphatic carbocycles. The average molecular weight is 773 g/mol. The van der Waals surface area contributed by atoms with Crippen LogP contribution in [0.25, 0.3) is 10.9 Å². The zero-order valence-corrected chi connectivity index (χ0v) is 32.3. The van der Waals surface area contributed by atoms with Crippen LogP contribution in [0.1, 0.15) is 66.0 Å². The van der Waals surface area contributed by atoms with Crippen molar-refractivity contribution < 1.29 is 29.2 Å². The predicted molar refractivity (Wildman–Crippen MR) is 218 cm³/mol. The number of hydrogen-bond donors (Lipinski definition) is 5. The molecule has 3 aliphatic heterocycles. The summed E-state index contributed by atoms with van der Waals surface area (Å²) in [5.74, 6) is 1.80. The average Bonchev–Trinajstić information content (AvgIpc) is 3.62. The van der Waals surface area contributed by atoms with E-state index in [2.05, 4.69) is 38.7 Å². The van der Waals surface area contributed by atoms with E-state index in [9.17, 15) is 19.8 Å². The van der Waals surface area contributed by atoms with Crippen molar-refractivity contribution in [3.63, 3.8) is 0 Å². The third kappa shape index (κ3) is 8.87. The number of phenols is 1. The fourth-order valence-corrected chi connectivity index (χ4v) is 8.69. The molecule has 0 saturated carbocycles. The van der Waals surface area contributed by atoms with Gasteiger partial charge in [-0.3, -0.25) is 15.0 Å². The zero-order valence-electron chi connectivity index (χ0n) is 32.3. The Kier molecular flexibility index (Phi) is 11.9. The van der Waals surface area contributed by atoms with Gasteiger partial charge in [0, 0.05) is 31.1 Å². The number of H-pyrrole nitrogens is 1. The normalized spacial score (nSPS) is 21.6. The van der Waals surface area contributed by atoms with Crippen LogP contribution in [0.5, 0.6) is 17.2 Å². The van der Waals surface area contributed by atoms with Crippen LogP contribution in [0.3, 0.4) is 0 Å². The Morgan fingerprint density at radius 3 is 2.53 bits per heavy atom. The quantitative estimate of drug-likeness (QED) is 0.0576. The number of aromatic hydroxyl groups is 1. The van der Waals surface area contributed by atoms with Crippen LogP contribution in [-0.4, -0.2) is 71.5 Å². The Bertz CT molecular complexity index is 2230. The summed E-state index contributed by atoms with van der Waals surface area (Å²) in [4.78, 5) is 30.9. The Morgan fingerprint density at radius 2 is 1.70 bits per heavy atom. The number of rotatable bonds is 17. The topological polar surface area (TPSA) is 145 Å². The number of fused-ring (bicyclic) bond motifs is 5. The molecule has 0 radical (unpaired) electrons. The molecule has 3 fully saturated rings. The van der Waals surface area contributed by atoms with E-state index in [1.165, 1.54) is 17.7 Å². The van der Waals surface area contributed by atoms with Crippen molar-refractivity contribution in [2.75, 3.05) is 39.3 Å². The summed E-state index contributed by atoms with van der Waals surface area (Å²) in [6.07, 6.45) is 4.56. The molecule has 4 heterocycles. The highest BCUT2D eigenvalue weighted by Crippen LogP contribution is 2.40. The van der Waals surface area contributed by atoms with Crippen molar-refractivity contribution in [1.29, 1.82) is 0 Å². The number of carbonyl (C=O) groups excluding carboxylic acids is 1. The van der Waals surface area contributed by atoms with Gasteiger partial charge in [-0.25, -0.2) is 4.79 Å². The van der Waals surface area contributed by atoms with E-state index in [0.29, 0.717) is 61.7 Å². The number of aryl methyl sites for hydroxylation is 1. The van der Waals surface area contributed by atoms with E-state index in [4.69, 9.17) is 14.2 Å². The van der Waals surface area contributed by atoms with E-state index < -0.39 is 11.6 Å². The smallest absolute Gasteiger partial charge is 0.331 e. The van der Waals surface area contributed by atoms with Crippen LogP contribution >= 0.6 is 0 Å². The van der Waals surface area contributed by atoms with Crippen LogP contribution in [0.15, 0.2) is 102 Å². The first-order valence-electron chi connectivity index (χ1n) is 20.3. The Hall–Kier alpha value is -5.20. The second kappa shape index (κ2) is 17.5. The number of hydrogen-bond acceptors (Lipinski definition) is 10. The number of aromatic nitrogens is 1. The number of unbranched alkanes of at least 4 members (excludes halogenated alkanes) is 1. The highest BCUT2D eigenvalue weighted by Gasteiger charge is 2.48. The van der Waals surface area contributed by atoms with Gasteiger partial charge in [-0.2, -0.15) is 0 Å². The number of nitrogens with one attached hydrogen (secondary N) is 3. The number of aromatic amines is 1. The van der Waals surface area contributed by atoms with Crippen molar-refractivity contribution in [1.82, 2.24) is 20.5 Å². The highest BCUT2D eigenvalue weighted by atomic mass is 16.5. The summed E-state index contributed by atoms with van der Waals surface area (Å²) in [7, 11) is 0. The minimum absolute atomic E-state index is 0.0288. The van der Waals surface area contributed by atoms with Crippen LogP contribution in [0, 0.1) is 5.92 Å². The molecule has 11 nitrogen and oxygen atoms in total. The van der Waals surface area contributed by atoms with Gasteiger partial charge in [0.25, 0.3) is 0 Å². The number of aliphatic hydroxyl groups excluding tert-OH is 1.